The second-order valence-electron chi connectivity index (χ2n) is 6.41. The van der Waals surface area contributed by atoms with E-state index in [1.807, 2.05) is 7.05 Å². The van der Waals surface area contributed by atoms with Crippen molar-refractivity contribution in [2.24, 2.45) is 10.9 Å². The van der Waals surface area contributed by atoms with Crippen LogP contribution in [0.4, 0.5) is 0 Å². The van der Waals surface area contributed by atoms with E-state index >= 15 is 0 Å². The van der Waals surface area contributed by atoms with Crippen molar-refractivity contribution in [3.05, 3.63) is 0 Å². The summed E-state index contributed by atoms with van der Waals surface area (Å²) in [6, 6.07) is 0. The Morgan fingerprint density at radius 2 is 1.91 bits per heavy atom. The van der Waals surface area contributed by atoms with E-state index in [9.17, 15) is 0 Å². The third-order valence-electron chi connectivity index (χ3n) is 4.19. The molecule has 1 N–H and O–H groups in total. The Balaban J connectivity index is 0.00000441. The molecule has 0 aromatic heterocycles. The van der Waals surface area contributed by atoms with Crippen molar-refractivity contribution in [3.8, 4) is 0 Å². The van der Waals surface area contributed by atoms with Crippen LogP contribution >= 0.6 is 24.0 Å². The van der Waals surface area contributed by atoms with Gasteiger partial charge in [0.05, 0.1) is 0 Å². The van der Waals surface area contributed by atoms with Gasteiger partial charge < -0.3 is 20.0 Å². The van der Waals surface area contributed by atoms with Crippen molar-refractivity contribution in [3.63, 3.8) is 0 Å². The molecule has 5 nitrogen and oxygen atoms in total. The Morgan fingerprint density at radius 3 is 2.45 bits per heavy atom. The van der Waals surface area contributed by atoms with Crippen molar-refractivity contribution < 1.29 is 0 Å². The van der Waals surface area contributed by atoms with E-state index in [2.05, 4.69) is 53.0 Å². The molecule has 0 amide bonds. The van der Waals surface area contributed by atoms with E-state index < -0.39 is 0 Å². The number of hydrogen-bond acceptors (Lipinski definition) is 3. The smallest absolute Gasteiger partial charge is 0.193 e. The largest absolute Gasteiger partial charge is 0.356 e. The minimum atomic E-state index is 0. The lowest BCUT2D eigenvalue weighted by Gasteiger charge is -2.34. The number of nitrogens with zero attached hydrogens (tertiary/aromatic N) is 4. The molecule has 1 atom stereocenters. The summed E-state index contributed by atoms with van der Waals surface area (Å²) in [5, 5.41) is 3.52. The van der Waals surface area contributed by atoms with Gasteiger partial charge in [0.15, 0.2) is 5.96 Å². The summed E-state index contributed by atoms with van der Waals surface area (Å²) in [4.78, 5) is 11.6. The Kier molecular flexibility index (Phi) is 12.3. The fourth-order valence-corrected chi connectivity index (χ4v) is 2.69. The highest BCUT2D eigenvalue weighted by atomic mass is 127. The van der Waals surface area contributed by atoms with Crippen LogP contribution < -0.4 is 5.32 Å². The summed E-state index contributed by atoms with van der Waals surface area (Å²) < 4.78 is 0. The molecule has 1 fully saturated rings. The molecule has 0 saturated carbocycles. The number of likely N-dealkylation sites (N-methyl/N-ethyl adjacent to an activating group) is 1. The van der Waals surface area contributed by atoms with Crippen LogP contribution in [0.5, 0.6) is 0 Å². The van der Waals surface area contributed by atoms with Crippen LogP contribution in [0.1, 0.15) is 26.7 Å². The van der Waals surface area contributed by atoms with Gasteiger partial charge in [-0.3, -0.25) is 4.99 Å². The summed E-state index contributed by atoms with van der Waals surface area (Å²) in [6.45, 7) is 12.6. The predicted molar refractivity (Wildman–Crippen MR) is 107 cm³/mol. The number of nitrogens with one attached hydrogen (secondary N) is 1. The molecular formula is C16H36IN5. The van der Waals surface area contributed by atoms with Gasteiger partial charge in [-0.25, -0.2) is 0 Å². The Morgan fingerprint density at radius 1 is 1.27 bits per heavy atom. The minimum Gasteiger partial charge on any atom is -0.356 e. The van der Waals surface area contributed by atoms with Crippen molar-refractivity contribution in [2.45, 2.75) is 26.7 Å². The first-order chi connectivity index (χ1) is 10.1. The first kappa shape index (κ1) is 21.9. The zero-order valence-electron chi connectivity index (χ0n) is 15.1. The van der Waals surface area contributed by atoms with Gasteiger partial charge in [0.25, 0.3) is 0 Å². The van der Waals surface area contributed by atoms with Gasteiger partial charge in [-0.05, 0) is 19.4 Å². The minimum absolute atomic E-state index is 0. The molecule has 1 saturated heterocycles. The van der Waals surface area contributed by atoms with Crippen molar-refractivity contribution in [1.82, 2.24) is 20.0 Å². The summed E-state index contributed by atoms with van der Waals surface area (Å²) in [5.41, 5.74) is 0. The summed E-state index contributed by atoms with van der Waals surface area (Å²) >= 11 is 0. The molecule has 0 aliphatic carbocycles. The van der Waals surface area contributed by atoms with E-state index in [0.29, 0.717) is 5.92 Å². The molecule has 1 heterocycles. The fraction of sp³-hybridized carbons (Fsp3) is 0.938. The van der Waals surface area contributed by atoms with Crippen LogP contribution in [0.3, 0.4) is 0 Å². The first-order valence-corrected chi connectivity index (χ1v) is 8.39. The number of rotatable bonds is 7. The second kappa shape index (κ2) is 12.4. The van der Waals surface area contributed by atoms with Crippen LogP contribution in [0.2, 0.25) is 0 Å². The van der Waals surface area contributed by atoms with Gasteiger partial charge in [0.2, 0.25) is 0 Å². The molecule has 0 aromatic rings. The molecule has 22 heavy (non-hydrogen) atoms. The van der Waals surface area contributed by atoms with E-state index in [4.69, 9.17) is 0 Å². The second-order valence-corrected chi connectivity index (χ2v) is 6.41. The van der Waals surface area contributed by atoms with Crippen molar-refractivity contribution in [1.29, 1.82) is 0 Å². The number of unbranched alkanes of at least 4 members (excludes halogenated alkanes) is 1. The maximum Gasteiger partial charge on any atom is 0.193 e. The number of halogens is 1. The zero-order valence-corrected chi connectivity index (χ0v) is 17.5. The molecule has 1 unspecified atom stereocenters. The van der Waals surface area contributed by atoms with Gasteiger partial charge in [-0.15, -0.1) is 24.0 Å². The lowest BCUT2D eigenvalue weighted by atomic mass is 10.1. The third kappa shape index (κ3) is 8.53. The SMILES string of the molecule is CCCCN(C)C(=NC)NCC(C)CN1CCN(C)CC1.I. The van der Waals surface area contributed by atoms with Crippen molar-refractivity contribution >= 4 is 29.9 Å². The Bertz CT molecular complexity index is 303. The maximum atomic E-state index is 4.38. The summed E-state index contributed by atoms with van der Waals surface area (Å²) in [7, 11) is 6.20. The van der Waals surface area contributed by atoms with Gasteiger partial charge in [0, 0.05) is 59.9 Å². The topological polar surface area (TPSA) is 34.1 Å². The lowest BCUT2D eigenvalue weighted by Crippen LogP contribution is -2.47. The number of guanidine groups is 1. The summed E-state index contributed by atoms with van der Waals surface area (Å²) in [5.74, 6) is 1.67. The highest BCUT2D eigenvalue weighted by Crippen LogP contribution is 2.04. The zero-order chi connectivity index (χ0) is 15.7. The van der Waals surface area contributed by atoms with E-state index in [1.165, 1.54) is 45.6 Å². The normalized spacial score (nSPS) is 18.7. The number of hydrogen-bond donors (Lipinski definition) is 1. The molecule has 0 aromatic carbocycles. The van der Waals surface area contributed by atoms with Crippen LogP contribution in [0.25, 0.3) is 0 Å². The van der Waals surface area contributed by atoms with Crippen molar-refractivity contribution in [2.75, 3.05) is 67.0 Å². The van der Waals surface area contributed by atoms with E-state index in [1.54, 1.807) is 0 Å². The Labute approximate surface area is 154 Å². The van der Waals surface area contributed by atoms with Gasteiger partial charge in [-0.2, -0.15) is 0 Å². The molecule has 132 valence electrons. The lowest BCUT2D eigenvalue weighted by molar-refractivity contribution is 0.139. The molecule has 6 heteroatoms. The third-order valence-corrected chi connectivity index (χ3v) is 4.19. The van der Waals surface area contributed by atoms with Crippen LogP contribution in [-0.4, -0.2) is 87.6 Å². The first-order valence-electron chi connectivity index (χ1n) is 8.39. The van der Waals surface area contributed by atoms with E-state index in [-0.39, 0.29) is 24.0 Å². The number of aliphatic imine (C=N–C) groups is 1. The monoisotopic (exact) mass is 425 g/mol. The van der Waals surface area contributed by atoms with Gasteiger partial charge in [0.1, 0.15) is 0 Å². The van der Waals surface area contributed by atoms with E-state index in [0.717, 1.165) is 19.0 Å². The number of piperazine rings is 1. The van der Waals surface area contributed by atoms with Crippen LogP contribution in [0, 0.1) is 5.92 Å². The highest BCUT2D eigenvalue weighted by Gasteiger charge is 2.16. The summed E-state index contributed by atoms with van der Waals surface area (Å²) in [6.07, 6.45) is 2.44. The highest BCUT2D eigenvalue weighted by molar-refractivity contribution is 14.0. The predicted octanol–water partition coefficient (Wildman–Crippen LogP) is 1.80. The maximum absolute atomic E-state index is 4.38. The standard InChI is InChI=1S/C16H35N5.HI/c1-6-7-8-20(5)16(17-3)18-13-15(2)14-21-11-9-19(4)10-12-21;/h15H,6-14H2,1-5H3,(H,17,18);1H. The molecule has 0 spiro atoms. The molecule has 0 bridgehead atoms. The quantitative estimate of drug-likeness (QED) is 0.383. The average molecular weight is 425 g/mol. The molecular weight excluding hydrogens is 389 g/mol. The molecule has 1 rings (SSSR count). The van der Waals surface area contributed by atoms with Gasteiger partial charge >= 0.3 is 0 Å². The van der Waals surface area contributed by atoms with Gasteiger partial charge in [-0.1, -0.05) is 20.3 Å². The molecule has 1 aliphatic heterocycles. The molecule has 0 radical (unpaired) electrons. The van der Waals surface area contributed by atoms with Crippen LogP contribution in [0.15, 0.2) is 4.99 Å². The van der Waals surface area contributed by atoms with Crippen LogP contribution in [-0.2, 0) is 0 Å². The molecule has 1 aliphatic rings. The fourth-order valence-electron chi connectivity index (χ4n) is 2.69. The Hall–Kier alpha value is -0.0800. The average Bonchev–Trinajstić information content (AvgIpc) is 2.48.